The molecular weight excluding hydrogens is 551 g/mol. The summed E-state index contributed by atoms with van der Waals surface area (Å²) in [6.45, 7) is 4.48. The van der Waals surface area contributed by atoms with Crippen LogP contribution in [0.15, 0.2) is 84.0 Å². The van der Waals surface area contributed by atoms with E-state index in [1.165, 1.54) is 0 Å². The number of thioether (sulfide) groups is 1. The summed E-state index contributed by atoms with van der Waals surface area (Å²) in [4.78, 5) is 27.2. The quantitative estimate of drug-likeness (QED) is 0.191. The Kier molecular flexibility index (Phi) is 8.12. The predicted molar refractivity (Wildman–Crippen MR) is 159 cm³/mol. The van der Waals surface area contributed by atoms with Gasteiger partial charge in [-0.3, -0.25) is 9.59 Å². The van der Waals surface area contributed by atoms with Crippen LogP contribution in [-0.4, -0.2) is 33.2 Å². The number of nitrogens with zero attached hydrogens (tertiary/aromatic N) is 3. The minimum atomic E-state index is -0.319. The number of aromatic nitrogens is 1. The summed E-state index contributed by atoms with van der Waals surface area (Å²) in [6, 6.07) is 24.6. The second-order valence-corrected chi connectivity index (χ2v) is 11.2. The third-order valence-corrected chi connectivity index (χ3v) is 8.42. The number of hydrogen-bond acceptors (Lipinski definition) is 4. The van der Waals surface area contributed by atoms with Gasteiger partial charge in [0.15, 0.2) is 0 Å². The highest BCUT2D eigenvalue weighted by Crippen LogP contribution is 2.39. The minimum absolute atomic E-state index is 0.0870. The molecule has 1 aliphatic heterocycles. The fourth-order valence-corrected chi connectivity index (χ4v) is 6.21. The molecule has 1 aliphatic rings. The molecule has 3 aromatic carbocycles. The molecule has 0 bridgehead atoms. The van der Waals surface area contributed by atoms with Crippen LogP contribution in [0.4, 0.5) is 0 Å². The van der Waals surface area contributed by atoms with E-state index >= 15 is 0 Å². The van der Waals surface area contributed by atoms with Crippen molar-refractivity contribution in [3.63, 3.8) is 0 Å². The van der Waals surface area contributed by atoms with Crippen LogP contribution < -0.4 is 5.43 Å². The number of benzene rings is 3. The third-order valence-electron chi connectivity index (χ3n) is 6.61. The first-order chi connectivity index (χ1) is 18.8. The Morgan fingerprint density at radius 3 is 2.54 bits per heavy atom. The molecule has 1 aromatic heterocycles. The van der Waals surface area contributed by atoms with Gasteiger partial charge in [0, 0.05) is 34.1 Å². The van der Waals surface area contributed by atoms with Crippen LogP contribution in [0.5, 0.6) is 0 Å². The van der Waals surface area contributed by atoms with Gasteiger partial charge < -0.3 is 9.47 Å². The van der Waals surface area contributed by atoms with Crippen LogP contribution in [0.3, 0.4) is 0 Å². The zero-order chi connectivity index (χ0) is 27.5. The minimum Gasteiger partial charge on any atom is -0.322 e. The molecule has 5 rings (SSSR count). The van der Waals surface area contributed by atoms with Gasteiger partial charge in [-0.05, 0) is 61.4 Å². The third kappa shape index (κ3) is 5.91. The van der Waals surface area contributed by atoms with Crippen molar-refractivity contribution < 1.29 is 9.59 Å². The number of hydrogen-bond donors (Lipinski definition) is 1. The molecule has 9 heteroatoms. The fraction of sp³-hybridized carbons (Fsp3) is 0.167. The first-order valence-electron chi connectivity index (χ1n) is 12.3. The lowest BCUT2D eigenvalue weighted by Gasteiger charge is -2.24. The predicted octanol–water partition coefficient (Wildman–Crippen LogP) is 6.94. The number of hydrazone groups is 1. The van der Waals surface area contributed by atoms with Gasteiger partial charge >= 0.3 is 0 Å². The van der Waals surface area contributed by atoms with Gasteiger partial charge in [-0.1, -0.05) is 65.7 Å². The van der Waals surface area contributed by atoms with Gasteiger partial charge in [0.25, 0.3) is 5.91 Å². The van der Waals surface area contributed by atoms with Crippen molar-refractivity contribution in [1.82, 2.24) is 14.9 Å². The van der Waals surface area contributed by atoms with Crippen molar-refractivity contribution >= 4 is 53.0 Å². The van der Waals surface area contributed by atoms with Crippen molar-refractivity contribution in [3.05, 3.63) is 123 Å². The monoisotopic (exact) mass is 576 g/mol. The molecule has 0 spiro atoms. The van der Waals surface area contributed by atoms with Gasteiger partial charge in [-0.25, -0.2) is 5.43 Å². The Labute approximate surface area is 241 Å². The van der Waals surface area contributed by atoms with E-state index in [1.807, 2.05) is 77.9 Å². The summed E-state index contributed by atoms with van der Waals surface area (Å²) in [6.07, 6.45) is 1.62. The van der Waals surface area contributed by atoms with Crippen LogP contribution >= 0.6 is 35.0 Å². The SMILES string of the molecule is Cc1cc(/C=N\NC(=O)c2ccc([C@H]3SCC(=O)N3Cc3ccccc3)cc2)c(C)n1-c1cc(Cl)ccc1Cl. The molecule has 4 aromatic rings. The highest BCUT2D eigenvalue weighted by atomic mass is 35.5. The van der Waals surface area contributed by atoms with Crippen molar-refractivity contribution in [2.75, 3.05) is 5.75 Å². The number of halogens is 2. The second kappa shape index (κ2) is 11.7. The lowest BCUT2D eigenvalue weighted by molar-refractivity contribution is -0.128. The molecule has 2 heterocycles. The van der Waals surface area contributed by atoms with Crippen LogP contribution in [0, 0.1) is 13.8 Å². The topological polar surface area (TPSA) is 66.7 Å². The first-order valence-corrected chi connectivity index (χ1v) is 14.1. The first kappa shape index (κ1) is 27.1. The standard InChI is InChI=1S/C30H26Cl2N4O2S/c1-19-14-24(20(2)36(19)27-15-25(31)12-13-26(27)32)16-33-34-29(38)22-8-10-23(11-9-22)30-35(28(37)18-39-30)17-21-6-4-3-5-7-21/h3-16,30H,17-18H2,1-2H3,(H,34,38)/b33-16-/t30-/m1/s1. The number of nitrogens with one attached hydrogen (secondary N) is 1. The van der Waals surface area contributed by atoms with Gasteiger partial charge in [-0.2, -0.15) is 5.10 Å². The van der Waals surface area contributed by atoms with E-state index in [4.69, 9.17) is 23.2 Å². The molecule has 198 valence electrons. The van der Waals surface area contributed by atoms with E-state index in [2.05, 4.69) is 10.5 Å². The molecule has 39 heavy (non-hydrogen) atoms. The van der Waals surface area contributed by atoms with Crippen molar-refractivity contribution in [3.8, 4) is 5.69 Å². The Balaban J connectivity index is 1.26. The number of amides is 2. The van der Waals surface area contributed by atoms with E-state index < -0.39 is 0 Å². The Hall–Kier alpha value is -3.52. The lowest BCUT2D eigenvalue weighted by Crippen LogP contribution is -2.27. The Morgan fingerprint density at radius 1 is 1.05 bits per heavy atom. The summed E-state index contributed by atoms with van der Waals surface area (Å²) in [5, 5.41) is 5.28. The second-order valence-electron chi connectivity index (χ2n) is 9.25. The summed E-state index contributed by atoms with van der Waals surface area (Å²) < 4.78 is 2.00. The van der Waals surface area contributed by atoms with Crippen LogP contribution in [-0.2, 0) is 11.3 Å². The van der Waals surface area contributed by atoms with Crippen LogP contribution in [0.1, 0.15) is 43.8 Å². The maximum Gasteiger partial charge on any atom is 0.271 e. The van der Waals surface area contributed by atoms with E-state index in [0.717, 1.165) is 33.8 Å². The average molecular weight is 578 g/mol. The Bertz CT molecular complexity index is 1550. The lowest BCUT2D eigenvalue weighted by atomic mass is 10.1. The number of carbonyl (C=O) groups is 2. The maximum absolute atomic E-state index is 12.8. The molecule has 1 N–H and O–H groups in total. The molecular formula is C30H26Cl2N4O2S. The largest absolute Gasteiger partial charge is 0.322 e. The molecule has 2 amide bonds. The fourth-order valence-electron chi connectivity index (χ4n) is 4.65. The molecule has 6 nitrogen and oxygen atoms in total. The highest BCUT2D eigenvalue weighted by molar-refractivity contribution is 8.00. The van der Waals surface area contributed by atoms with Crippen LogP contribution in [0.2, 0.25) is 10.0 Å². The maximum atomic E-state index is 12.8. The van der Waals surface area contributed by atoms with Crippen LogP contribution in [0.25, 0.3) is 5.69 Å². The molecule has 0 saturated carbocycles. The van der Waals surface area contributed by atoms with Crippen molar-refractivity contribution in [1.29, 1.82) is 0 Å². The van der Waals surface area contributed by atoms with E-state index in [1.54, 1.807) is 42.2 Å². The van der Waals surface area contributed by atoms with Gasteiger partial charge in [0.05, 0.1) is 22.7 Å². The van der Waals surface area contributed by atoms with Crippen molar-refractivity contribution in [2.45, 2.75) is 25.8 Å². The van der Waals surface area contributed by atoms with E-state index in [0.29, 0.717) is 27.9 Å². The zero-order valence-electron chi connectivity index (χ0n) is 21.4. The van der Waals surface area contributed by atoms with Crippen molar-refractivity contribution in [2.24, 2.45) is 5.10 Å². The normalized spacial score (nSPS) is 15.3. The number of carbonyl (C=O) groups excluding carboxylic acids is 2. The van der Waals surface area contributed by atoms with Gasteiger partial charge in [0.1, 0.15) is 5.37 Å². The van der Waals surface area contributed by atoms with E-state index in [-0.39, 0.29) is 17.2 Å². The zero-order valence-corrected chi connectivity index (χ0v) is 23.7. The molecule has 1 saturated heterocycles. The Morgan fingerprint density at radius 2 is 1.79 bits per heavy atom. The van der Waals surface area contributed by atoms with E-state index in [9.17, 15) is 9.59 Å². The van der Waals surface area contributed by atoms with Gasteiger partial charge in [0.2, 0.25) is 5.91 Å². The van der Waals surface area contributed by atoms with Gasteiger partial charge in [-0.15, -0.1) is 11.8 Å². The number of aryl methyl sites for hydroxylation is 1. The molecule has 0 unspecified atom stereocenters. The number of rotatable bonds is 7. The molecule has 0 aliphatic carbocycles. The molecule has 0 radical (unpaired) electrons. The highest BCUT2D eigenvalue weighted by Gasteiger charge is 2.32. The summed E-state index contributed by atoms with van der Waals surface area (Å²) in [5.41, 5.74) is 8.67. The summed E-state index contributed by atoms with van der Waals surface area (Å²) in [7, 11) is 0. The molecule has 1 atom stereocenters. The smallest absolute Gasteiger partial charge is 0.271 e. The summed E-state index contributed by atoms with van der Waals surface area (Å²) >= 11 is 14.2. The summed E-state index contributed by atoms with van der Waals surface area (Å²) in [5.74, 6) is 0.237. The average Bonchev–Trinajstić information content (AvgIpc) is 3.43. The molecule has 1 fully saturated rings.